The van der Waals surface area contributed by atoms with Gasteiger partial charge in [-0.2, -0.15) is 5.26 Å². The number of halogens is 1. The molecule has 4 fully saturated rings. The van der Waals surface area contributed by atoms with Crippen LogP contribution in [-0.2, 0) is 34.5 Å². The summed E-state index contributed by atoms with van der Waals surface area (Å²) in [4.78, 5) is 9.90. The maximum Gasteiger partial charge on any atom is 0.215 e. The van der Waals surface area contributed by atoms with Crippen molar-refractivity contribution < 1.29 is 18.6 Å². The largest absolute Gasteiger partial charge is 0.476 e. The SMILES string of the molecule is N#Cc1c(N)ccc2c1[C@]1(CCC2)Cc2nc(OC[C@@]34CCCN3C[C@H](F)C4)cc(N3CC[C@]34CCOC4)c2CO1. The minimum absolute atomic E-state index is 0.0231. The molecule has 0 saturated carbocycles. The highest BCUT2D eigenvalue weighted by atomic mass is 19.1. The van der Waals surface area contributed by atoms with Gasteiger partial charge in [0.15, 0.2) is 0 Å². The van der Waals surface area contributed by atoms with Crippen molar-refractivity contribution in [1.29, 1.82) is 5.26 Å². The Morgan fingerprint density at radius 3 is 2.93 bits per heavy atom. The molecule has 8 rings (SSSR count). The summed E-state index contributed by atoms with van der Waals surface area (Å²) < 4.78 is 33.7. The lowest BCUT2D eigenvalue weighted by atomic mass is 9.72. The zero-order chi connectivity index (χ0) is 27.8. The maximum atomic E-state index is 14.5. The molecule has 9 heteroatoms. The Hall–Kier alpha value is -2.93. The molecule has 6 heterocycles. The third-order valence-corrected chi connectivity index (χ3v) is 11.0. The van der Waals surface area contributed by atoms with Gasteiger partial charge in [0.05, 0.1) is 35.5 Å². The number of rotatable bonds is 4. The van der Waals surface area contributed by atoms with Gasteiger partial charge in [-0.15, -0.1) is 0 Å². The predicted molar refractivity (Wildman–Crippen MR) is 152 cm³/mol. The number of hydrogen-bond donors (Lipinski definition) is 1. The number of nitrogens with two attached hydrogens (primary N) is 1. The molecule has 0 bridgehead atoms. The molecule has 2 N–H and O–H groups in total. The molecule has 6 aliphatic rings. The smallest absolute Gasteiger partial charge is 0.215 e. The highest BCUT2D eigenvalue weighted by Crippen LogP contribution is 2.51. The molecule has 1 aromatic heterocycles. The van der Waals surface area contributed by atoms with E-state index in [0.717, 1.165) is 99.3 Å². The molecular formula is C32H38FN5O3. The van der Waals surface area contributed by atoms with E-state index >= 15 is 0 Å². The van der Waals surface area contributed by atoms with Crippen LogP contribution in [0.1, 0.15) is 72.9 Å². The average molecular weight is 560 g/mol. The second-order valence-corrected chi connectivity index (χ2v) is 13.2. The minimum Gasteiger partial charge on any atom is -0.476 e. The van der Waals surface area contributed by atoms with Gasteiger partial charge < -0.3 is 24.8 Å². The second kappa shape index (κ2) is 9.29. The molecule has 2 aromatic rings. The Labute approximate surface area is 240 Å². The van der Waals surface area contributed by atoms with E-state index in [1.165, 1.54) is 0 Å². The van der Waals surface area contributed by atoms with E-state index in [2.05, 4.69) is 28.0 Å². The number of nitriles is 1. The lowest BCUT2D eigenvalue weighted by molar-refractivity contribution is -0.0856. The molecule has 4 saturated heterocycles. The van der Waals surface area contributed by atoms with E-state index in [9.17, 15) is 9.65 Å². The number of alkyl halides is 1. The van der Waals surface area contributed by atoms with Gasteiger partial charge in [0.25, 0.3) is 0 Å². The first-order valence-corrected chi connectivity index (χ1v) is 15.3. The summed E-state index contributed by atoms with van der Waals surface area (Å²) in [5.74, 6) is 0.601. The average Bonchev–Trinajstić information content (AvgIpc) is 3.67. The van der Waals surface area contributed by atoms with E-state index in [1.807, 2.05) is 6.07 Å². The fourth-order valence-electron chi connectivity index (χ4n) is 8.84. The lowest BCUT2D eigenvalue weighted by Crippen LogP contribution is -2.61. The van der Waals surface area contributed by atoms with Crippen molar-refractivity contribution in [2.24, 2.45) is 0 Å². The van der Waals surface area contributed by atoms with Crippen LogP contribution in [0.25, 0.3) is 0 Å². The van der Waals surface area contributed by atoms with Crippen molar-refractivity contribution in [3.63, 3.8) is 0 Å². The van der Waals surface area contributed by atoms with Crippen LogP contribution in [0.5, 0.6) is 5.88 Å². The van der Waals surface area contributed by atoms with E-state index < -0.39 is 11.8 Å². The van der Waals surface area contributed by atoms with E-state index in [-0.39, 0.29) is 11.1 Å². The monoisotopic (exact) mass is 559 g/mol. The maximum absolute atomic E-state index is 14.5. The Kier molecular flexibility index (Phi) is 5.83. The van der Waals surface area contributed by atoms with Crippen molar-refractivity contribution in [1.82, 2.24) is 9.88 Å². The first kappa shape index (κ1) is 25.8. The zero-order valence-electron chi connectivity index (χ0n) is 23.6. The van der Waals surface area contributed by atoms with Gasteiger partial charge in [-0.1, -0.05) is 6.07 Å². The van der Waals surface area contributed by atoms with E-state index in [0.29, 0.717) is 49.7 Å². The molecule has 1 aliphatic carbocycles. The van der Waals surface area contributed by atoms with Gasteiger partial charge in [0.2, 0.25) is 5.88 Å². The van der Waals surface area contributed by atoms with Gasteiger partial charge >= 0.3 is 0 Å². The van der Waals surface area contributed by atoms with Crippen molar-refractivity contribution in [3.8, 4) is 11.9 Å². The van der Waals surface area contributed by atoms with Crippen molar-refractivity contribution in [2.75, 3.05) is 50.1 Å². The summed E-state index contributed by atoms with van der Waals surface area (Å²) >= 11 is 0. The Morgan fingerprint density at radius 2 is 2.12 bits per heavy atom. The van der Waals surface area contributed by atoms with Crippen LogP contribution in [0.4, 0.5) is 15.8 Å². The third kappa shape index (κ3) is 3.83. The molecule has 0 unspecified atom stereocenters. The third-order valence-electron chi connectivity index (χ3n) is 11.0. The minimum atomic E-state index is -0.792. The molecule has 5 aliphatic heterocycles. The van der Waals surface area contributed by atoms with E-state index in [4.69, 9.17) is 24.9 Å². The molecule has 4 atom stereocenters. The number of aromatic nitrogens is 1. The molecule has 0 amide bonds. The molecule has 2 spiro atoms. The first-order chi connectivity index (χ1) is 19.9. The Balaban J connectivity index is 1.19. The van der Waals surface area contributed by atoms with Crippen molar-refractivity contribution >= 4 is 11.4 Å². The molecule has 8 nitrogen and oxygen atoms in total. The number of benzene rings is 1. The molecule has 216 valence electrons. The topological polar surface area (TPSA) is 96.9 Å². The summed E-state index contributed by atoms with van der Waals surface area (Å²) in [6.07, 6.45) is 7.18. The van der Waals surface area contributed by atoms with Crippen LogP contribution < -0.4 is 15.4 Å². The zero-order valence-corrected chi connectivity index (χ0v) is 23.6. The van der Waals surface area contributed by atoms with E-state index in [1.54, 1.807) is 0 Å². The van der Waals surface area contributed by atoms with Gasteiger partial charge in [-0.05, 0) is 63.1 Å². The molecule has 1 aromatic carbocycles. The van der Waals surface area contributed by atoms with Gasteiger partial charge in [-0.3, -0.25) is 4.90 Å². The second-order valence-electron chi connectivity index (χ2n) is 13.2. The fraction of sp³-hybridized carbons (Fsp3) is 0.625. The lowest BCUT2D eigenvalue weighted by Gasteiger charge is -2.53. The van der Waals surface area contributed by atoms with Crippen molar-refractivity contribution in [3.05, 3.63) is 46.1 Å². The van der Waals surface area contributed by atoms with Crippen molar-refractivity contribution in [2.45, 2.75) is 87.2 Å². The van der Waals surface area contributed by atoms with Crippen LogP contribution in [0.2, 0.25) is 0 Å². The highest BCUT2D eigenvalue weighted by Gasteiger charge is 2.51. The number of anilines is 2. The normalized spacial score (nSPS) is 33.9. The summed E-state index contributed by atoms with van der Waals surface area (Å²) in [6, 6.07) is 8.37. The standard InChI is InChI=1S/C32H38FN5O3/c33-22-14-31(6-2-10-37(31)17-22)20-40-28-13-27(38-11-8-30(38)9-12-39-19-30)24-18-41-32(15-26(24)36-28)7-1-3-21-4-5-25(35)23(16-34)29(21)32/h4-5,13,22H,1-3,6-12,14-15,17-20,35H2/t22-,30-,31+,32+/m1/s1. The summed E-state index contributed by atoms with van der Waals surface area (Å²) in [5.41, 5.74) is 11.8. The van der Waals surface area contributed by atoms with Gasteiger partial charge in [0.1, 0.15) is 24.4 Å². The Morgan fingerprint density at radius 1 is 1.20 bits per heavy atom. The van der Waals surface area contributed by atoms with Gasteiger partial charge in [-0.25, -0.2) is 9.37 Å². The van der Waals surface area contributed by atoms with Crippen LogP contribution in [0.3, 0.4) is 0 Å². The first-order valence-electron chi connectivity index (χ1n) is 15.3. The number of aryl methyl sites for hydroxylation is 1. The highest BCUT2D eigenvalue weighted by molar-refractivity contribution is 5.65. The van der Waals surface area contributed by atoms with Crippen LogP contribution in [0.15, 0.2) is 18.2 Å². The molecule has 41 heavy (non-hydrogen) atoms. The Bertz CT molecular complexity index is 1440. The number of ether oxygens (including phenoxy) is 3. The van der Waals surface area contributed by atoms with Crippen LogP contribution >= 0.6 is 0 Å². The number of nitrogens with zero attached hydrogens (tertiary/aromatic N) is 4. The molecular weight excluding hydrogens is 521 g/mol. The summed E-state index contributed by atoms with van der Waals surface area (Å²) in [5, 5.41) is 10.1. The molecule has 0 radical (unpaired) electrons. The summed E-state index contributed by atoms with van der Waals surface area (Å²) in [7, 11) is 0. The number of hydrogen-bond acceptors (Lipinski definition) is 8. The number of nitrogen functional groups attached to an aromatic ring is 1. The number of fused-ring (bicyclic) bond motifs is 4. The van der Waals surface area contributed by atoms with Crippen LogP contribution in [-0.4, -0.2) is 66.6 Å². The fourth-order valence-corrected chi connectivity index (χ4v) is 8.84. The summed E-state index contributed by atoms with van der Waals surface area (Å²) in [6.45, 7) is 4.80. The van der Waals surface area contributed by atoms with Crippen LogP contribution in [0, 0.1) is 11.3 Å². The quantitative estimate of drug-likeness (QED) is 0.558. The number of pyridine rings is 1. The predicted octanol–water partition coefficient (Wildman–Crippen LogP) is 4.16. The van der Waals surface area contributed by atoms with Gasteiger partial charge in [0, 0.05) is 61.1 Å².